The van der Waals surface area contributed by atoms with E-state index in [9.17, 15) is 10.2 Å². The highest BCUT2D eigenvalue weighted by Crippen LogP contribution is 2.35. The Balaban J connectivity index is 0.000000142. The van der Waals surface area contributed by atoms with E-state index in [4.69, 9.17) is 19.4 Å². The molecule has 4 heterocycles. The summed E-state index contributed by atoms with van der Waals surface area (Å²) in [6.45, 7) is 0. The molecule has 0 atom stereocenters. The van der Waals surface area contributed by atoms with Crippen molar-refractivity contribution in [2.45, 2.75) is 0 Å². The molecule has 216 valence electrons. The Morgan fingerprint density at radius 2 is 0.909 bits per heavy atom. The maximum absolute atomic E-state index is 9.78. The van der Waals surface area contributed by atoms with Crippen LogP contribution < -0.4 is 9.47 Å². The van der Waals surface area contributed by atoms with Gasteiger partial charge >= 0.3 is 0 Å². The minimum absolute atomic E-state index is 0.124. The lowest BCUT2D eigenvalue weighted by Gasteiger charge is -2.10. The summed E-state index contributed by atoms with van der Waals surface area (Å²) in [5, 5.41) is 19.6. The van der Waals surface area contributed by atoms with Gasteiger partial charge in [0.2, 0.25) is 0 Å². The molecule has 8 aromatic rings. The maximum atomic E-state index is 9.78. The Bertz CT molecular complexity index is 2140. The third-order valence-electron chi connectivity index (χ3n) is 7.64. The largest absolute Gasteiger partial charge is 0.504 e. The van der Waals surface area contributed by atoms with E-state index in [1.165, 1.54) is 0 Å². The number of benzene rings is 4. The normalized spacial score (nSPS) is 11.1. The number of ether oxygens (including phenoxy) is 2. The van der Waals surface area contributed by atoms with Gasteiger partial charge in [0.1, 0.15) is 0 Å². The Kier molecular flexibility index (Phi) is 6.71. The molecule has 2 N–H and O–H groups in total. The van der Waals surface area contributed by atoms with Crippen molar-refractivity contribution in [3.05, 3.63) is 122 Å². The van der Waals surface area contributed by atoms with E-state index in [2.05, 4.69) is 20.9 Å². The molecule has 0 saturated heterocycles. The van der Waals surface area contributed by atoms with Crippen molar-refractivity contribution in [2.24, 2.45) is 0 Å². The molecular formula is C36H28N4O4. The topological polar surface area (TPSA) is 93.5 Å². The van der Waals surface area contributed by atoms with Crippen LogP contribution in [0.5, 0.6) is 23.0 Å². The average molecular weight is 581 g/mol. The van der Waals surface area contributed by atoms with Gasteiger partial charge in [-0.2, -0.15) is 0 Å². The molecule has 8 heteroatoms. The van der Waals surface area contributed by atoms with E-state index in [1.807, 2.05) is 85.2 Å². The van der Waals surface area contributed by atoms with Crippen molar-refractivity contribution in [1.82, 2.24) is 18.8 Å². The van der Waals surface area contributed by atoms with Crippen molar-refractivity contribution >= 4 is 33.1 Å². The molecule has 4 aromatic heterocycles. The summed E-state index contributed by atoms with van der Waals surface area (Å²) in [5.74, 6) is 1.13. The molecule has 0 aliphatic heterocycles. The second kappa shape index (κ2) is 11.0. The first-order valence-electron chi connectivity index (χ1n) is 14.0. The third kappa shape index (κ3) is 4.59. The van der Waals surface area contributed by atoms with Crippen molar-refractivity contribution in [3.63, 3.8) is 0 Å². The number of aromatic hydroxyl groups is 2. The van der Waals surface area contributed by atoms with Crippen LogP contribution in [0, 0.1) is 0 Å². The molecule has 8 nitrogen and oxygen atoms in total. The van der Waals surface area contributed by atoms with Crippen LogP contribution in [0.4, 0.5) is 0 Å². The number of hydrogen-bond acceptors (Lipinski definition) is 6. The molecule has 4 aromatic carbocycles. The molecule has 0 spiro atoms. The van der Waals surface area contributed by atoms with Gasteiger partial charge in [-0.3, -0.25) is 0 Å². The smallest absolute Gasteiger partial charge is 0.161 e. The zero-order valence-corrected chi connectivity index (χ0v) is 24.0. The van der Waals surface area contributed by atoms with Gasteiger partial charge in [0.15, 0.2) is 23.0 Å². The fourth-order valence-corrected chi connectivity index (χ4v) is 5.52. The summed E-state index contributed by atoms with van der Waals surface area (Å²) in [6.07, 6.45) is 4.06. The first kappa shape index (κ1) is 26.9. The van der Waals surface area contributed by atoms with Crippen LogP contribution >= 0.6 is 0 Å². The van der Waals surface area contributed by atoms with Gasteiger partial charge in [0.25, 0.3) is 0 Å². The van der Waals surface area contributed by atoms with Crippen molar-refractivity contribution in [2.75, 3.05) is 14.2 Å². The summed E-state index contributed by atoms with van der Waals surface area (Å²) >= 11 is 0. The number of nitrogens with zero attached hydrogens (tertiary/aromatic N) is 4. The van der Waals surface area contributed by atoms with Crippen LogP contribution in [0.15, 0.2) is 122 Å². The molecule has 8 rings (SSSR count). The van der Waals surface area contributed by atoms with Crippen LogP contribution in [0.1, 0.15) is 0 Å². The van der Waals surface area contributed by atoms with Gasteiger partial charge in [-0.05, 0) is 84.9 Å². The van der Waals surface area contributed by atoms with Crippen molar-refractivity contribution in [3.8, 4) is 45.5 Å². The van der Waals surface area contributed by atoms with Crippen LogP contribution in [-0.4, -0.2) is 43.2 Å². The molecule has 0 fully saturated rings. The number of hydrogen-bond donors (Lipinski definition) is 2. The highest BCUT2D eigenvalue weighted by atomic mass is 16.5. The number of fused-ring (bicyclic) bond motifs is 6. The number of para-hydroxylation sites is 4. The zero-order valence-electron chi connectivity index (χ0n) is 24.0. The molecule has 0 amide bonds. The fraction of sp³-hybridized carbons (Fsp3) is 0.0556. The Hall–Kier alpha value is -6.02. The molecule has 0 saturated carbocycles. The van der Waals surface area contributed by atoms with E-state index in [1.54, 1.807) is 38.5 Å². The van der Waals surface area contributed by atoms with Crippen LogP contribution in [0.25, 0.3) is 55.6 Å². The molecule has 0 aliphatic rings. The second-order valence-electron chi connectivity index (χ2n) is 10.2. The monoisotopic (exact) mass is 580 g/mol. The second-order valence-corrected chi connectivity index (χ2v) is 10.2. The van der Waals surface area contributed by atoms with Gasteiger partial charge < -0.3 is 28.5 Å². The zero-order chi connectivity index (χ0) is 30.2. The summed E-state index contributed by atoms with van der Waals surface area (Å²) in [5.41, 5.74) is 9.56. The van der Waals surface area contributed by atoms with Crippen molar-refractivity contribution < 1.29 is 19.7 Å². The third-order valence-corrected chi connectivity index (χ3v) is 7.64. The molecule has 44 heavy (non-hydrogen) atoms. The fourth-order valence-electron chi connectivity index (χ4n) is 5.52. The van der Waals surface area contributed by atoms with Crippen LogP contribution in [-0.2, 0) is 0 Å². The van der Waals surface area contributed by atoms with Crippen LogP contribution in [0.3, 0.4) is 0 Å². The van der Waals surface area contributed by atoms with E-state index >= 15 is 0 Å². The predicted molar refractivity (Wildman–Crippen MR) is 173 cm³/mol. The van der Waals surface area contributed by atoms with E-state index in [-0.39, 0.29) is 11.5 Å². The number of rotatable bonds is 4. The predicted octanol–water partition coefficient (Wildman–Crippen LogP) is 7.74. The van der Waals surface area contributed by atoms with E-state index < -0.39 is 0 Å². The van der Waals surface area contributed by atoms with E-state index in [0.717, 1.165) is 55.6 Å². The molecular weight excluding hydrogens is 552 g/mol. The number of aromatic nitrogens is 4. The average Bonchev–Trinajstić information content (AvgIpc) is 3.76. The molecule has 0 radical (unpaired) electrons. The van der Waals surface area contributed by atoms with Crippen molar-refractivity contribution in [1.29, 1.82) is 0 Å². The summed E-state index contributed by atoms with van der Waals surface area (Å²) in [7, 11) is 3.08. The minimum Gasteiger partial charge on any atom is -0.504 e. The first-order chi connectivity index (χ1) is 21.6. The maximum Gasteiger partial charge on any atom is 0.161 e. The van der Waals surface area contributed by atoms with Crippen LogP contribution in [0.2, 0.25) is 0 Å². The lowest BCUT2D eigenvalue weighted by atomic mass is 10.1. The molecule has 0 aliphatic carbocycles. The highest BCUT2D eigenvalue weighted by Gasteiger charge is 2.13. The van der Waals surface area contributed by atoms with Gasteiger partial charge in [-0.15, -0.1) is 0 Å². The standard InChI is InChI=1S/2C18H14N2O2/c2*1-22-17-11-12(8-9-16(17)21)18-15-7-4-10-20(15)14-6-3-2-5-13(14)19-18/h2*2-11,21H,1H3. The quantitative estimate of drug-likeness (QED) is 0.221. The van der Waals surface area contributed by atoms with Gasteiger partial charge in [0.05, 0.1) is 58.7 Å². The van der Waals surface area contributed by atoms with Gasteiger partial charge in [-0.1, -0.05) is 24.3 Å². The molecule has 0 bridgehead atoms. The first-order valence-corrected chi connectivity index (χ1v) is 14.0. The van der Waals surface area contributed by atoms with E-state index in [0.29, 0.717) is 11.5 Å². The van der Waals surface area contributed by atoms with Gasteiger partial charge in [0, 0.05) is 23.5 Å². The number of phenols is 2. The Labute approximate surface area is 252 Å². The summed E-state index contributed by atoms with van der Waals surface area (Å²) in [6, 6.07) is 34.7. The lowest BCUT2D eigenvalue weighted by Crippen LogP contribution is -1.94. The summed E-state index contributed by atoms with van der Waals surface area (Å²) < 4.78 is 14.7. The SMILES string of the molecule is COc1cc(-c2nc3ccccc3n3cccc23)ccc1O.COc1cc(-c2nc3ccccc3n3cccc23)ccc1O. The molecule has 0 unspecified atom stereocenters. The Morgan fingerprint density at radius 3 is 1.34 bits per heavy atom. The minimum atomic E-state index is 0.124. The van der Waals surface area contributed by atoms with Gasteiger partial charge in [-0.25, -0.2) is 9.97 Å². The Morgan fingerprint density at radius 1 is 0.500 bits per heavy atom. The number of phenolic OH excluding ortho intramolecular Hbond substituents is 2. The summed E-state index contributed by atoms with van der Waals surface area (Å²) in [4.78, 5) is 9.59. The number of methoxy groups -OCH3 is 2. The highest BCUT2D eigenvalue weighted by molar-refractivity contribution is 5.89. The lowest BCUT2D eigenvalue weighted by molar-refractivity contribution is 0.373.